The number of aliphatic hydroxyl groups is 1. The molecule has 0 heterocycles. The molecule has 0 saturated carbocycles. The van der Waals surface area contributed by atoms with Crippen molar-refractivity contribution in [2.75, 3.05) is 13.2 Å². The first-order chi connectivity index (χ1) is 19.1. The standard InChI is InChI=1S/C25H41N3O6.C2HF3O2/c1-4-5-12-27-24(32)17(2)14-22(29)21(28-25(33)18(3)26)16-19-9-8-10-20(15-19)34-13-7-6-11-23(30)31;3-2(4,5)1(6)7/h8-10,15,17-18,21-22,29H,4-7,11-14,16,26H2,1-3H3,(H,27,32)(H,28,33)(H,30,31);(H,6,7). The zero-order chi connectivity index (χ0) is 31.6. The molecule has 0 aliphatic carbocycles. The number of nitrogens with one attached hydrogen (secondary N) is 2. The molecule has 11 nitrogen and oxygen atoms in total. The van der Waals surface area contributed by atoms with Crippen LogP contribution in [-0.4, -0.2) is 76.6 Å². The van der Waals surface area contributed by atoms with Gasteiger partial charge in [-0.1, -0.05) is 32.4 Å². The number of halogens is 3. The summed E-state index contributed by atoms with van der Waals surface area (Å²) >= 11 is 0. The van der Waals surface area contributed by atoms with Crippen LogP contribution in [0.1, 0.15) is 64.9 Å². The molecule has 0 aliphatic rings. The van der Waals surface area contributed by atoms with Crippen molar-refractivity contribution in [3.8, 4) is 5.75 Å². The molecule has 1 rings (SSSR count). The number of alkyl halides is 3. The lowest BCUT2D eigenvalue weighted by Gasteiger charge is -2.27. The zero-order valence-corrected chi connectivity index (χ0v) is 23.6. The van der Waals surface area contributed by atoms with Crippen molar-refractivity contribution in [2.24, 2.45) is 11.7 Å². The molecule has 0 spiro atoms. The minimum atomic E-state index is -5.08. The number of carboxylic acids is 2. The van der Waals surface area contributed by atoms with Crippen molar-refractivity contribution in [1.29, 1.82) is 0 Å². The smallest absolute Gasteiger partial charge is 0.490 e. The Morgan fingerprint density at radius 1 is 1.05 bits per heavy atom. The van der Waals surface area contributed by atoms with Crippen LogP contribution in [0.15, 0.2) is 24.3 Å². The monoisotopic (exact) mass is 593 g/mol. The number of unbranched alkanes of at least 4 members (excludes halogenated alkanes) is 2. The molecule has 0 fully saturated rings. The second-order valence-corrected chi connectivity index (χ2v) is 9.61. The lowest BCUT2D eigenvalue weighted by Crippen LogP contribution is -2.50. The van der Waals surface area contributed by atoms with E-state index >= 15 is 0 Å². The van der Waals surface area contributed by atoms with Crippen molar-refractivity contribution >= 4 is 23.8 Å². The highest BCUT2D eigenvalue weighted by Crippen LogP contribution is 2.19. The van der Waals surface area contributed by atoms with Gasteiger partial charge in [-0.3, -0.25) is 14.4 Å². The maximum atomic E-state index is 12.3. The van der Waals surface area contributed by atoms with Gasteiger partial charge in [0.2, 0.25) is 11.8 Å². The number of aliphatic hydroxyl groups excluding tert-OH is 1. The average Bonchev–Trinajstić information content (AvgIpc) is 2.87. The van der Waals surface area contributed by atoms with Gasteiger partial charge in [0, 0.05) is 18.9 Å². The molecule has 2 amide bonds. The number of ether oxygens (including phenoxy) is 1. The molecule has 41 heavy (non-hydrogen) atoms. The summed E-state index contributed by atoms with van der Waals surface area (Å²) in [6, 6.07) is 5.96. The topological polar surface area (TPSA) is 188 Å². The van der Waals surface area contributed by atoms with E-state index in [0.29, 0.717) is 38.2 Å². The number of rotatable bonds is 17. The summed E-state index contributed by atoms with van der Waals surface area (Å²) in [7, 11) is 0. The summed E-state index contributed by atoms with van der Waals surface area (Å²) < 4.78 is 37.5. The third-order valence-electron chi connectivity index (χ3n) is 5.73. The number of aliphatic carboxylic acids is 2. The van der Waals surface area contributed by atoms with E-state index < -0.39 is 42.2 Å². The fourth-order valence-corrected chi connectivity index (χ4v) is 3.38. The molecule has 4 unspecified atom stereocenters. The predicted molar refractivity (Wildman–Crippen MR) is 144 cm³/mol. The largest absolute Gasteiger partial charge is 0.494 e. The molecule has 0 aromatic heterocycles. The van der Waals surface area contributed by atoms with E-state index in [0.717, 1.165) is 18.4 Å². The second-order valence-electron chi connectivity index (χ2n) is 9.61. The van der Waals surface area contributed by atoms with Gasteiger partial charge >= 0.3 is 18.1 Å². The third kappa shape index (κ3) is 17.8. The molecule has 1 aromatic carbocycles. The van der Waals surface area contributed by atoms with Gasteiger partial charge in [0.15, 0.2) is 0 Å². The van der Waals surface area contributed by atoms with Gasteiger partial charge < -0.3 is 36.4 Å². The fraction of sp³-hybridized carbons (Fsp3) is 0.630. The molecule has 0 radical (unpaired) electrons. The van der Waals surface area contributed by atoms with E-state index in [1.165, 1.54) is 0 Å². The van der Waals surface area contributed by atoms with Crippen LogP contribution in [0.4, 0.5) is 13.2 Å². The summed E-state index contributed by atoms with van der Waals surface area (Å²) in [5, 5.41) is 32.4. The predicted octanol–water partition coefficient (Wildman–Crippen LogP) is 2.63. The lowest BCUT2D eigenvalue weighted by atomic mass is 9.93. The maximum absolute atomic E-state index is 12.3. The molecule has 7 N–H and O–H groups in total. The number of hydrogen-bond donors (Lipinski definition) is 6. The molecule has 0 bridgehead atoms. The van der Waals surface area contributed by atoms with Crippen molar-refractivity contribution in [3.63, 3.8) is 0 Å². The van der Waals surface area contributed by atoms with E-state index in [4.69, 9.17) is 25.5 Å². The van der Waals surface area contributed by atoms with Crippen LogP contribution >= 0.6 is 0 Å². The normalized spacial score (nSPS) is 14.0. The highest BCUT2D eigenvalue weighted by atomic mass is 19.4. The maximum Gasteiger partial charge on any atom is 0.490 e. The Bertz CT molecular complexity index is 960. The number of carbonyl (C=O) groups excluding carboxylic acids is 2. The highest BCUT2D eigenvalue weighted by Gasteiger charge is 2.38. The Hall–Kier alpha value is -3.39. The lowest BCUT2D eigenvalue weighted by molar-refractivity contribution is -0.192. The summed E-state index contributed by atoms with van der Waals surface area (Å²) in [5.41, 5.74) is 6.55. The van der Waals surface area contributed by atoms with Gasteiger partial charge in [0.05, 0.1) is 24.8 Å². The van der Waals surface area contributed by atoms with Crippen molar-refractivity contribution in [1.82, 2.24) is 10.6 Å². The Labute approximate surface area is 237 Å². The molecule has 234 valence electrons. The van der Waals surface area contributed by atoms with Crippen LogP contribution in [0.5, 0.6) is 5.75 Å². The minimum absolute atomic E-state index is 0.108. The number of carbonyl (C=O) groups is 4. The Morgan fingerprint density at radius 2 is 1.68 bits per heavy atom. The highest BCUT2D eigenvalue weighted by molar-refractivity contribution is 5.81. The van der Waals surface area contributed by atoms with Gasteiger partial charge in [-0.25, -0.2) is 4.79 Å². The minimum Gasteiger partial charge on any atom is -0.494 e. The number of benzene rings is 1. The summed E-state index contributed by atoms with van der Waals surface area (Å²) in [4.78, 5) is 44.1. The van der Waals surface area contributed by atoms with Gasteiger partial charge in [-0.2, -0.15) is 13.2 Å². The first-order valence-electron chi connectivity index (χ1n) is 13.3. The van der Waals surface area contributed by atoms with Crippen LogP contribution < -0.4 is 21.1 Å². The Balaban J connectivity index is 0.00000201. The van der Waals surface area contributed by atoms with E-state index in [1.807, 2.05) is 25.1 Å². The SMILES string of the molecule is CCCCNC(=O)C(C)CC(O)C(Cc1cccc(OCCCCC(=O)O)c1)NC(=O)C(C)N.O=C(O)C(F)(F)F. The van der Waals surface area contributed by atoms with Crippen molar-refractivity contribution < 1.29 is 52.4 Å². The van der Waals surface area contributed by atoms with Crippen molar-refractivity contribution in [2.45, 2.75) is 90.1 Å². The van der Waals surface area contributed by atoms with Crippen LogP contribution in [0.3, 0.4) is 0 Å². The first-order valence-corrected chi connectivity index (χ1v) is 13.3. The number of hydrogen-bond acceptors (Lipinski definition) is 7. The molecule has 0 saturated heterocycles. The summed E-state index contributed by atoms with van der Waals surface area (Å²) in [6.45, 7) is 6.37. The molecule has 14 heteroatoms. The number of carboxylic acid groups (broad SMARTS) is 2. The first kappa shape index (κ1) is 37.6. The van der Waals surface area contributed by atoms with E-state index in [-0.39, 0.29) is 24.7 Å². The molecular formula is C27H42F3N3O8. The summed E-state index contributed by atoms with van der Waals surface area (Å²) in [6.07, 6.45) is -2.36. The molecule has 0 aliphatic heterocycles. The van der Waals surface area contributed by atoms with E-state index in [9.17, 15) is 32.7 Å². The average molecular weight is 594 g/mol. The van der Waals surface area contributed by atoms with Crippen molar-refractivity contribution in [3.05, 3.63) is 29.8 Å². The van der Waals surface area contributed by atoms with Gasteiger partial charge in [0.25, 0.3) is 0 Å². The van der Waals surface area contributed by atoms with Gasteiger partial charge in [0.1, 0.15) is 5.75 Å². The van der Waals surface area contributed by atoms with Crippen LogP contribution in [0, 0.1) is 5.92 Å². The van der Waals surface area contributed by atoms with Crippen LogP contribution in [-0.2, 0) is 25.6 Å². The summed E-state index contributed by atoms with van der Waals surface area (Å²) in [5.74, 6) is -3.87. The number of nitrogens with two attached hydrogens (primary N) is 1. The van der Waals surface area contributed by atoms with Crippen LogP contribution in [0.25, 0.3) is 0 Å². The second kappa shape index (κ2) is 19.6. The van der Waals surface area contributed by atoms with E-state index in [1.54, 1.807) is 19.9 Å². The van der Waals surface area contributed by atoms with Gasteiger partial charge in [-0.15, -0.1) is 0 Å². The quantitative estimate of drug-likeness (QED) is 0.148. The Kier molecular flexibility index (Phi) is 18.0. The van der Waals surface area contributed by atoms with Crippen LogP contribution in [0.2, 0.25) is 0 Å². The third-order valence-corrected chi connectivity index (χ3v) is 5.73. The zero-order valence-electron chi connectivity index (χ0n) is 23.6. The van der Waals surface area contributed by atoms with Gasteiger partial charge in [-0.05, 0) is 56.7 Å². The number of amides is 2. The molecular weight excluding hydrogens is 551 g/mol. The van der Waals surface area contributed by atoms with E-state index in [2.05, 4.69) is 10.6 Å². The Morgan fingerprint density at radius 3 is 2.22 bits per heavy atom. The molecule has 1 aromatic rings. The fourth-order valence-electron chi connectivity index (χ4n) is 3.38. The molecule has 4 atom stereocenters.